The van der Waals surface area contributed by atoms with Gasteiger partial charge in [0, 0.05) is 18.0 Å². The van der Waals surface area contributed by atoms with Crippen molar-refractivity contribution in [2.75, 3.05) is 13.7 Å². The van der Waals surface area contributed by atoms with E-state index < -0.39 is 0 Å². The molecule has 2 aromatic carbocycles. The topological polar surface area (TPSA) is 64.1 Å². The first kappa shape index (κ1) is 21.3. The average molecular weight is 436 g/mol. The highest BCUT2D eigenvalue weighted by Gasteiger charge is 2.29. The van der Waals surface area contributed by atoms with Crippen LogP contribution in [0.15, 0.2) is 48.5 Å². The van der Waals surface area contributed by atoms with E-state index in [0.29, 0.717) is 40.2 Å². The van der Waals surface area contributed by atoms with Crippen LogP contribution in [0.1, 0.15) is 52.6 Å². The van der Waals surface area contributed by atoms with Gasteiger partial charge in [-0.15, -0.1) is 0 Å². The molecule has 1 amide bonds. The van der Waals surface area contributed by atoms with Crippen LogP contribution in [0.25, 0.3) is 11.3 Å². The third-order valence-electron chi connectivity index (χ3n) is 5.47. The molecule has 0 atom stereocenters. The Morgan fingerprint density at radius 2 is 1.94 bits per heavy atom. The Kier molecular flexibility index (Phi) is 6.52. The van der Waals surface area contributed by atoms with Crippen LogP contribution in [-0.4, -0.2) is 29.5 Å². The van der Waals surface area contributed by atoms with Gasteiger partial charge in [0.05, 0.1) is 29.1 Å². The number of carbonyl (C=O) groups excluding carboxylic acids is 1. The number of hydrogen-bond donors (Lipinski definition) is 1. The van der Waals surface area contributed by atoms with E-state index >= 15 is 0 Å². The Hall–Kier alpha value is -2.92. The van der Waals surface area contributed by atoms with E-state index in [1.165, 1.54) is 5.56 Å². The highest BCUT2D eigenvalue weighted by Crippen LogP contribution is 2.40. The van der Waals surface area contributed by atoms with Gasteiger partial charge < -0.3 is 10.1 Å². The largest absolute Gasteiger partial charge is 0.495 e. The van der Waals surface area contributed by atoms with Crippen LogP contribution in [0.4, 0.5) is 0 Å². The van der Waals surface area contributed by atoms with Gasteiger partial charge in [-0.05, 0) is 56.4 Å². The third-order valence-corrected chi connectivity index (χ3v) is 5.77. The molecule has 0 saturated heterocycles. The van der Waals surface area contributed by atoms with Crippen molar-refractivity contribution in [1.82, 2.24) is 15.3 Å². The second-order valence-corrected chi connectivity index (χ2v) is 8.27. The third kappa shape index (κ3) is 5.05. The van der Waals surface area contributed by atoms with E-state index in [0.717, 1.165) is 37.1 Å². The minimum Gasteiger partial charge on any atom is -0.495 e. The second kappa shape index (κ2) is 9.48. The first-order chi connectivity index (χ1) is 15.1. The van der Waals surface area contributed by atoms with Gasteiger partial charge in [0.1, 0.15) is 11.6 Å². The minimum absolute atomic E-state index is 0.158. The Morgan fingerprint density at radius 1 is 1.16 bits per heavy atom. The molecule has 1 aliphatic carbocycles. The van der Waals surface area contributed by atoms with Crippen molar-refractivity contribution >= 4 is 17.5 Å². The zero-order valence-electron chi connectivity index (χ0n) is 17.8. The van der Waals surface area contributed by atoms with Crippen LogP contribution in [0, 0.1) is 6.92 Å². The predicted molar refractivity (Wildman–Crippen MR) is 123 cm³/mol. The first-order valence-corrected chi connectivity index (χ1v) is 11.0. The number of methoxy groups -OCH3 is 1. The minimum atomic E-state index is -0.158. The first-order valence-electron chi connectivity index (χ1n) is 10.6. The molecule has 160 valence electrons. The fourth-order valence-corrected chi connectivity index (χ4v) is 3.90. The summed E-state index contributed by atoms with van der Waals surface area (Å²) >= 11 is 6.36. The number of amides is 1. The number of halogens is 1. The van der Waals surface area contributed by atoms with Gasteiger partial charge in [0.2, 0.25) is 0 Å². The lowest BCUT2D eigenvalue weighted by Gasteiger charge is -2.15. The van der Waals surface area contributed by atoms with Gasteiger partial charge in [0.15, 0.2) is 0 Å². The second-order valence-electron chi connectivity index (χ2n) is 7.86. The quantitative estimate of drug-likeness (QED) is 0.484. The molecule has 0 spiro atoms. The maximum Gasteiger partial charge on any atom is 0.255 e. The number of aromatic nitrogens is 2. The van der Waals surface area contributed by atoms with Gasteiger partial charge in [-0.2, -0.15) is 0 Å². The number of rotatable bonds is 8. The number of benzene rings is 2. The lowest BCUT2D eigenvalue weighted by atomic mass is 10.0. The Morgan fingerprint density at radius 3 is 2.61 bits per heavy atom. The number of hydrogen-bond acceptors (Lipinski definition) is 4. The van der Waals surface area contributed by atoms with Crippen molar-refractivity contribution in [3.63, 3.8) is 0 Å². The zero-order chi connectivity index (χ0) is 21.8. The molecule has 1 fully saturated rings. The Balaban J connectivity index is 1.57. The molecule has 31 heavy (non-hydrogen) atoms. The molecule has 0 bridgehead atoms. The van der Waals surface area contributed by atoms with Gasteiger partial charge in [-0.3, -0.25) is 4.79 Å². The van der Waals surface area contributed by atoms with E-state index in [4.69, 9.17) is 21.3 Å². The van der Waals surface area contributed by atoms with Gasteiger partial charge in [-0.25, -0.2) is 9.97 Å². The van der Waals surface area contributed by atoms with Gasteiger partial charge in [-0.1, -0.05) is 41.9 Å². The number of nitrogens with one attached hydrogen (secondary N) is 1. The molecule has 1 aromatic heterocycles. The van der Waals surface area contributed by atoms with E-state index in [-0.39, 0.29) is 5.91 Å². The summed E-state index contributed by atoms with van der Waals surface area (Å²) in [6.45, 7) is 2.46. The number of aryl methyl sites for hydroxylation is 2. The van der Waals surface area contributed by atoms with Crippen LogP contribution >= 0.6 is 11.6 Å². The molecular weight excluding hydrogens is 410 g/mol. The van der Waals surface area contributed by atoms with Crippen LogP contribution in [0.3, 0.4) is 0 Å². The van der Waals surface area contributed by atoms with Crippen LogP contribution < -0.4 is 10.1 Å². The molecule has 0 aliphatic heterocycles. The molecule has 1 N–H and O–H groups in total. The predicted octanol–water partition coefficient (Wildman–Crippen LogP) is 5.35. The summed E-state index contributed by atoms with van der Waals surface area (Å²) in [5.41, 5.74) is 3.87. The maximum absolute atomic E-state index is 13.1. The summed E-state index contributed by atoms with van der Waals surface area (Å²) in [5, 5.41) is 3.53. The van der Waals surface area contributed by atoms with Crippen LogP contribution in [-0.2, 0) is 6.42 Å². The summed E-state index contributed by atoms with van der Waals surface area (Å²) in [6.07, 6.45) is 3.96. The monoisotopic (exact) mass is 435 g/mol. The number of carbonyl (C=O) groups is 1. The van der Waals surface area contributed by atoms with E-state index in [9.17, 15) is 4.79 Å². The molecular formula is C25H26ClN3O2. The van der Waals surface area contributed by atoms with E-state index in [1.807, 2.05) is 31.2 Å². The van der Waals surface area contributed by atoms with E-state index in [1.54, 1.807) is 19.2 Å². The molecule has 1 saturated carbocycles. The van der Waals surface area contributed by atoms with Gasteiger partial charge >= 0.3 is 0 Å². The van der Waals surface area contributed by atoms with E-state index in [2.05, 4.69) is 22.4 Å². The smallest absolute Gasteiger partial charge is 0.255 e. The summed E-state index contributed by atoms with van der Waals surface area (Å²) in [4.78, 5) is 22.6. The SMILES string of the molecule is COc1ccc(-c2nc(C3CC3)nc(C)c2C(=O)NCCCc2ccccc2)cc1Cl. The zero-order valence-corrected chi connectivity index (χ0v) is 18.6. The molecule has 0 radical (unpaired) electrons. The van der Waals surface area contributed by atoms with Crippen molar-refractivity contribution in [2.24, 2.45) is 0 Å². The highest BCUT2D eigenvalue weighted by atomic mass is 35.5. The summed E-state index contributed by atoms with van der Waals surface area (Å²) in [7, 11) is 1.58. The Bertz CT molecular complexity index is 1080. The van der Waals surface area contributed by atoms with Crippen molar-refractivity contribution in [3.8, 4) is 17.0 Å². The number of ether oxygens (including phenoxy) is 1. The molecule has 3 aromatic rings. The van der Waals surface area contributed by atoms with Crippen LogP contribution in [0.5, 0.6) is 5.75 Å². The average Bonchev–Trinajstić information content (AvgIpc) is 3.62. The molecule has 5 nitrogen and oxygen atoms in total. The van der Waals surface area contributed by atoms with Crippen LogP contribution in [0.2, 0.25) is 5.02 Å². The maximum atomic E-state index is 13.1. The summed E-state index contributed by atoms with van der Waals surface area (Å²) in [5.74, 6) is 1.62. The molecule has 1 heterocycles. The lowest BCUT2D eigenvalue weighted by Crippen LogP contribution is -2.27. The summed E-state index contributed by atoms with van der Waals surface area (Å²) in [6, 6.07) is 15.7. The lowest BCUT2D eigenvalue weighted by molar-refractivity contribution is 0.0952. The highest BCUT2D eigenvalue weighted by molar-refractivity contribution is 6.32. The fourth-order valence-electron chi connectivity index (χ4n) is 3.64. The molecule has 4 rings (SSSR count). The Labute approximate surface area is 187 Å². The summed E-state index contributed by atoms with van der Waals surface area (Å²) < 4.78 is 5.27. The molecule has 0 unspecified atom stereocenters. The van der Waals surface area contributed by atoms with Crippen molar-refractivity contribution in [1.29, 1.82) is 0 Å². The van der Waals surface area contributed by atoms with Crippen molar-refractivity contribution in [3.05, 3.63) is 76.2 Å². The molecule has 6 heteroatoms. The van der Waals surface area contributed by atoms with Crippen molar-refractivity contribution < 1.29 is 9.53 Å². The van der Waals surface area contributed by atoms with Gasteiger partial charge in [0.25, 0.3) is 5.91 Å². The fraction of sp³-hybridized carbons (Fsp3) is 0.320. The standard InChI is InChI=1S/C25H26ClN3O2/c1-16-22(25(30)27-14-6-9-17-7-4-3-5-8-17)23(29-24(28-16)18-10-11-18)19-12-13-21(31-2)20(26)15-19/h3-5,7-8,12-13,15,18H,6,9-11,14H2,1-2H3,(H,27,30). The molecule has 1 aliphatic rings. The number of nitrogens with zero attached hydrogens (tertiary/aromatic N) is 2. The normalized spacial score (nSPS) is 13.1. The van der Waals surface area contributed by atoms with Crippen molar-refractivity contribution in [2.45, 2.75) is 38.5 Å².